The molecule has 4 amide bonds. The third kappa shape index (κ3) is 6.50. The molecule has 1 aliphatic rings. The lowest BCUT2D eigenvalue weighted by atomic mass is 10.1. The minimum atomic E-state index is -1.55. The molecule has 0 bridgehead atoms. The zero-order valence-corrected chi connectivity index (χ0v) is 17.0. The predicted octanol–water partition coefficient (Wildman–Crippen LogP) is -2.78. The minimum Gasteiger partial charge on any atom is -0.480 e. The Morgan fingerprint density at radius 1 is 1.29 bits per heavy atom. The van der Waals surface area contributed by atoms with Crippen molar-refractivity contribution in [3.8, 4) is 0 Å². The van der Waals surface area contributed by atoms with Gasteiger partial charge in [-0.15, -0.1) is 0 Å². The second-order valence-electron chi connectivity index (χ2n) is 7.39. The number of carbonyl (C=O) groups excluding carboxylic acids is 4. The maximum absolute atomic E-state index is 12.9. The summed E-state index contributed by atoms with van der Waals surface area (Å²) in [6, 6.07) is -4.30. The lowest BCUT2D eigenvalue weighted by molar-refractivity contribution is -0.144. The summed E-state index contributed by atoms with van der Waals surface area (Å²) >= 11 is 0. The maximum atomic E-state index is 12.9. The highest BCUT2D eigenvalue weighted by molar-refractivity contribution is 5.95. The molecule has 170 valence electrons. The number of aliphatic carboxylic acids is 1. The monoisotopic (exact) mass is 437 g/mol. The van der Waals surface area contributed by atoms with Crippen molar-refractivity contribution >= 4 is 29.6 Å². The normalized spacial score (nSPS) is 18.6. The number of carboxylic acids is 1. The summed E-state index contributed by atoms with van der Waals surface area (Å²) in [7, 11) is 0. The van der Waals surface area contributed by atoms with Gasteiger partial charge in [0.05, 0.1) is 18.8 Å². The second kappa shape index (κ2) is 10.5. The van der Waals surface area contributed by atoms with Crippen molar-refractivity contribution in [3.05, 3.63) is 18.2 Å². The molecule has 4 atom stereocenters. The van der Waals surface area contributed by atoms with E-state index in [1.807, 2.05) is 0 Å². The molecule has 4 unspecified atom stereocenters. The first-order chi connectivity index (χ1) is 14.6. The molecular formula is C18H27N7O6. The van der Waals surface area contributed by atoms with Crippen LogP contribution in [-0.4, -0.2) is 80.3 Å². The van der Waals surface area contributed by atoms with Gasteiger partial charge in [0.15, 0.2) is 0 Å². The summed E-state index contributed by atoms with van der Waals surface area (Å²) in [6.45, 7) is 1.89. The minimum absolute atomic E-state index is 0.0194. The van der Waals surface area contributed by atoms with Crippen LogP contribution >= 0.6 is 0 Å². The van der Waals surface area contributed by atoms with Gasteiger partial charge in [-0.2, -0.15) is 0 Å². The fourth-order valence-corrected chi connectivity index (χ4v) is 3.33. The zero-order valence-electron chi connectivity index (χ0n) is 17.0. The van der Waals surface area contributed by atoms with Gasteiger partial charge in [-0.1, -0.05) is 0 Å². The van der Waals surface area contributed by atoms with E-state index >= 15 is 0 Å². The summed E-state index contributed by atoms with van der Waals surface area (Å²) in [4.78, 5) is 68.4. The topological polar surface area (TPSA) is 214 Å². The van der Waals surface area contributed by atoms with Crippen molar-refractivity contribution in [2.75, 3.05) is 6.54 Å². The molecule has 8 N–H and O–H groups in total. The van der Waals surface area contributed by atoms with Crippen LogP contribution in [0.3, 0.4) is 0 Å². The Morgan fingerprint density at radius 3 is 2.55 bits per heavy atom. The number of H-pyrrole nitrogens is 1. The van der Waals surface area contributed by atoms with E-state index in [0.29, 0.717) is 25.1 Å². The molecule has 0 spiro atoms. The number of aromatic nitrogens is 2. The second-order valence-corrected chi connectivity index (χ2v) is 7.39. The van der Waals surface area contributed by atoms with E-state index in [2.05, 4.69) is 20.6 Å². The molecule has 2 heterocycles. The van der Waals surface area contributed by atoms with Gasteiger partial charge in [0.1, 0.15) is 18.1 Å². The third-order valence-corrected chi connectivity index (χ3v) is 4.86. The summed E-state index contributed by atoms with van der Waals surface area (Å²) in [5, 5.41) is 14.0. The van der Waals surface area contributed by atoms with E-state index in [0.717, 1.165) is 0 Å². The van der Waals surface area contributed by atoms with E-state index in [4.69, 9.17) is 11.5 Å². The number of nitrogens with zero attached hydrogens (tertiary/aromatic N) is 2. The van der Waals surface area contributed by atoms with Crippen molar-refractivity contribution in [3.63, 3.8) is 0 Å². The summed E-state index contributed by atoms with van der Waals surface area (Å²) in [5.74, 6) is -4.10. The molecule has 13 heteroatoms. The molecule has 1 aromatic rings. The maximum Gasteiger partial charge on any atom is 0.326 e. The Hall–Kier alpha value is -3.48. The highest BCUT2D eigenvalue weighted by atomic mass is 16.4. The molecule has 31 heavy (non-hydrogen) atoms. The van der Waals surface area contributed by atoms with Gasteiger partial charge in [0, 0.05) is 24.9 Å². The molecule has 1 aromatic heterocycles. The first kappa shape index (κ1) is 23.8. The number of hydrogen-bond acceptors (Lipinski definition) is 7. The summed E-state index contributed by atoms with van der Waals surface area (Å²) in [6.07, 6.45) is 3.22. The third-order valence-electron chi connectivity index (χ3n) is 4.86. The fraction of sp³-hybridized carbons (Fsp3) is 0.556. The lowest BCUT2D eigenvalue weighted by Gasteiger charge is -2.27. The number of carbonyl (C=O) groups is 5. The standard InChI is InChI=1S/C18H27N7O6/c1-9(19)17(29)25-4-2-3-13(25)16(28)23-11(5-10-7-21-8-22-10)15(27)24-12(18(30)31)6-14(20)26/h7-9,11-13H,2-6,19H2,1H3,(H2,20,26)(H,21,22)(H,23,28)(H,24,27)(H,30,31). The molecule has 1 aliphatic heterocycles. The van der Waals surface area contributed by atoms with Crippen LogP contribution in [-0.2, 0) is 30.4 Å². The molecule has 0 radical (unpaired) electrons. The lowest BCUT2D eigenvalue weighted by Crippen LogP contribution is -2.57. The Kier molecular flexibility index (Phi) is 8.07. The molecule has 0 aromatic carbocycles. The van der Waals surface area contributed by atoms with Crippen LogP contribution in [0.2, 0.25) is 0 Å². The first-order valence-electron chi connectivity index (χ1n) is 9.75. The smallest absolute Gasteiger partial charge is 0.326 e. The molecule has 13 nitrogen and oxygen atoms in total. The van der Waals surface area contributed by atoms with Gasteiger partial charge in [-0.3, -0.25) is 19.2 Å². The molecule has 1 fully saturated rings. The zero-order chi connectivity index (χ0) is 23.1. The van der Waals surface area contributed by atoms with Crippen molar-refractivity contribution in [2.45, 2.75) is 56.8 Å². The van der Waals surface area contributed by atoms with Crippen LogP contribution in [0.5, 0.6) is 0 Å². The summed E-state index contributed by atoms with van der Waals surface area (Å²) in [5.41, 5.74) is 11.2. The van der Waals surface area contributed by atoms with Crippen LogP contribution in [0.1, 0.15) is 31.9 Å². The van der Waals surface area contributed by atoms with Crippen LogP contribution in [0.15, 0.2) is 12.5 Å². The first-order valence-corrected chi connectivity index (χ1v) is 9.75. The largest absolute Gasteiger partial charge is 0.480 e. The number of likely N-dealkylation sites (tertiary alicyclic amines) is 1. The Balaban J connectivity index is 2.16. The van der Waals surface area contributed by atoms with Gasteiger partial charge < -0.3 is 37.1 Å². The van der Waals surface area contributed by atoms with Gasteiger partial charge in [0.2, 0.25) is 23.6 Å². The quantitative estimate of drug-likeness (QED) is 0.225. The summed E-state index contributed by atoms with van der Waals surface area (Å²) < 4.78 is 0. The number of primary amides is 1. The number of amides is 4. The van der Waals surface area contributed by atoms with Gasteiger partial charge in [0.25, 0.3) is 0 Å². The molecular weight excluding hydrogens is 410 g/mol. The van der Waals surface area contributed by atoms with Crippen LogP contribution in [0.25, 0.3) is 0 Å². The number of rotatable bonds is 10. The number of nitrogens with two attached hydrogens (primary N) is 2. The highest BCUT2D eigenvalue weighted by Crippen LogP contribution is 2.18. The highest BCUT2D eigenvalue weighted by Gasteiger charge is 2.37. The molecule has 0 saturated carbocycles. The van der Waals surface area contributed by atoms with Crippen molar-refractivity contribution in [1.82, 2.24) is 25.5 Å². The number of hydrogen-bond donors (Lipinski definition) is 6. The predicted molar refractivity (Wildman–Crippen MR) is 106 cm³/mol. The van der Waals surface area contributed by atoms with Gasteiger partial charge >= 0.3 is 5.97 Å². The van der Waals surface area contributed by atoms with Gasteiger partial charge in [-0.05, 0) is 19.8 Å². The van der Waals surface area contributed by atoms with E-state index in [9.17, 15) is 29.1 Å². The van der Waals surface area contributed by atoms with Gasteiger partial charge in [-0.25, -0.2) is 9.78 Å². The number of carboxylic acid groups (broad SMARTS) is 1. The molecule has 1 saturated heterocycles. The van der Waals surface area contributed by atoms with E-state index in [-0.39, 0.29) is 12.3 Å². The fourth-order valence-electron chi connectivity index (χ4n) is 3.33. The number of imidazole rings is 1. The Morgan fingerprint density at radius 2 is 2.00 bits per heavy atom. The van der Waals surface area contributed by atoms with E-state index < -0.39 is 54.3 Å². The van der Waals surface area contributed by atoms with Crippen LogP contribution in [0.4, 0.5) is 0 Å². The molecule has 2 rings (SSSR count). The van der Waals surface area contributed by atoms with Crippen molar-refractivity contribution < 1.29 is 29.1 Å². The number of nitrogens with one attached hydrogen (secondary N) is 3. The average molecular weight is 437 g/mol. The van der Waals surface area contributed by atoms with Crippen LogP contribution < -0.4 is 22.1 Å². The van der Waals surface area contributed by atoms with E-state index in [1.54, 1.807) is 0 Å². The van der Waals surface area contributed by atoms with E-state index in [1.165, 1.54) is 24.3 Å². The SMILES string of the molecule is CC(N)C(=O)N1CCCC1C(=O)NC(Cc1cnc[nH]1)C(=O)NC(CC(N)=O)C(=O)O. The Bertz CT molecular complexity index is 825. The van der Waals surface area contributed by atoms with Crippen molar-refractivity contribution in [1.29, 1.82) is 0 Å². The Labute approximate surface area is 177 Å². The average Bonchev–Trinajstić information content (AvgIpc) is 3.37. The van der Waals surface area contributed by atoms with Crippen molar-refractivity contribution in [2.24, 2.45) is 11.5 Å². The van der Waals surface area contributed by atoms with Crippen LogP contribution in [0, 0.1) is 0 Å². The molecule has 0 aliphatic carbocycles. The number of aromatic amines is 1.